The van der Waals surface area contributed by atoms with Gasteiger partial charge in [-0.1, -0.05) is 37.6 Å². The van der Waals surface area contributed by atoms with E-state index in [0.29, 0.717) is 24.5 Å². The van der Waals surface area contributed by atoms with Crippen LogP contribution in [0.1, 0.15) is 43.4 Å². The first-order chi connectivity index (χ1) is 15.8. The van der Waals surface area contributed by atoms with Crippen LogP contribution in [0.15, 0.2) is 54.1 Å². The summed E-state index contributed by atoms with van der Waals surface area (Å²) in [5.74, 6) is -0.779. The molecule has 1 fully saturated rings. The average molecular weight is 562 g/mol. The van der Waals surface area contributed by atoms with Crippen LogP contribution in [-0.4, -0.2) is 60.4 Å². The van der Waals surface area contributed by atoms with Crippen LogP contribution in [0.5, 0.6) is 5.75 Å². The number of rotatable bonds is 10. The summed E-state index contributed by atoms with van der Waals surface area (Å²) < 4.78 is 6.82. The molecule has 1 aliphatic rings. The number of nitrogens with zero attached hydrogens (tertiary/aromatic N) is 2. The lowest BCUT2D eigenvalue weighted by atomic mass is 9.95. The van der Waals surface area contributed by atoms with Crippen LogP contribution in [0.4, 0.5) is 0 Å². The van der Waals surface area contributed by atoms with Crippen LogP contribution >= 0.6 is 22.6 Å². The number of amides is 1. The molecule has 1 aliphatic heterocycles. The molecule has 2 aromatic rings. The number of Topliss-reactive ketones (excluding diaryl/α,β-unsaturated/α-hetero) is 1. The fourth-order valence-electron chi connectivity index (χ4n) is 3.88. The largest absolute Gasteiger partial charge is 0.507 e. The van der Waals surface area contributed by atoms with E-state index in [-0.39, 0.29) is 11.3 Å². The number of aliphatic hydroxyl groups is 1. The molecular formula is C26H31IN2O4. The molecule has 1 N–H and O–H groups in total. The second-order valence-corrected chi connectivity index (χ2v) is 9.68. The molecule has 0 aliphatic carbocycles. The first-order valence-corrected chi connectivity index (χ1v) is 12.3. The van der Waals surface area contributed by atoms with E-state index in [4.69, 9.17) is 4.74 Å². The number of ketones is 1. The van der Waals surface area contributed by atoms with Crippen LogP contribution in [0.25, 0.3) is 5.76 Å². The third-order valence-corrected chi connectivity index (χ3v) is 6.32. The number of aliphatic hydroxyl groups excluding tert-OH is 1. The van der Waals surface area contributed by atoms with Gasteiger partial charge in [-0.2, -0.15) is 0 Å². The summed E-state index contributed by atoms with van der Waals surface area (Å²) in [4.78, 5) is 29.8. The number of hydrogen-bond donors (Lipinski definition) is 1. The standard InChI is InChI=1S/C26H31IN2O4/c1-4-5-16-33-21-9-6-8-19(17-21)24(30)22-23(18-10-12-20(27)13-11-18)29(26(32)25(22)31)15-7-14-28(2)3/h6,8-13,17,23,30H,4-5,7,14-16H2,1-3H3. The van der Waals surface area contributed by atoms with Crippen LogP contribution in [-0.2, 0) is 9.59 Å². The Morgan fingerprint density at radius 3 is 2.52 bits per heavy atom. The van der Waals surface area contributed by atoms with Crippen LogP contribution in [0, 0.1) is 3.57 Å². The highest BCUT2D eigenvalue weighted by atomic mass is 127. The molecule has 0 bridgehead atoms. The van der Waals surface area contributed by atoms with E-state index in [0.717, 1.165) is 34.9 Å². The Morgan fingerprint density at radius 1 is 1.12 bits per heavy atom. The molecule has 0 spiro atoms. The lowest BCUT2D eigenvalue weighted by Gasteiger charge is -2.26. The number of unbranched alkanes of at least 4 members (excludes halogenated alkanes) is 1. The van der Waals surface area contributed by atoms with E-state index in [2.05, 4.69) is 29.5 Å². The van der Waals surface area contributed by atoms with Crippen molar-refractivity contribution in [1.29, 1.82) is 0 Å². The van der Waals surface area contributed by atoms with E-state index in [1.54, 1.807) is 23.1 Å². The van der Waals surface area contributed by atoms with Crippen molar-refractivity contribution in [1.82, 2.24) is 9.80 Å². The Hall–Kier alpha value is -2.39. The highest BCUT2D eigenvalue weighted by Crippen LogP contribution is 2.40. The van der Waals surface area contributed by atoms with Crippen molar-refractivity contribution in [2.45, 2.75) is 32.2 Å². The minimum absolute atomic E-state index is 0.122. The molecule has 3 rings (SSSR count). The molecule has 0 aromatic heterocycles. The maximum atomic E-state index is 13.1. The molecule has 1 atom stereocenters. The maximum Gasteiger partial charge on any atom is 0.295 e. The van der Waals surface area contributed by atoms with Crippen molar-refractivity contribution in [3.05, 3.63) is 68.8 Å². The Morgan fingerprint density at radius 2 is 1.85 bits per heavy atom. The van der Waals surface area contributed by atoms with E-state index < -0.39 is 17.7 Å². The normalized spacial score (nSPS) is 17.7. The zero-order chi connectivity index (χ0) is 24.0. The number of carbonyl (C=O) groups excluding carboxylic acids is 2. The van der Waals surface area contributed by atoms with Crippen molar-refractivity contribution < 1.29 is 19.4 Å². The zero-order valence-electron chi connectivity index (χ0n) is 19.4. The third-order valence-electron chi connectivity index (χ3n) is 5.60. The number of halogens is 1. The SMILES string of the molecule is CCCCOc1cccc(C(O)=C2C(=O)C(=O)N(CCCN(C)C)C2c2ccc(I)cc2)c1. The van der Waals surface area contributed by atoms with Gasteiger partial charge in [0.15, 0.2) is 0 Å². The summed E-state index contributed by atoms with van der Waals surface area (Å²) >= 11 is 2.22. The molecule has 176 valence electrons. The number of benzene rings is 2. The lowest BCUT2D eigenvalue weighted by molar-refractivity contribution is -0.139. The van der Waals surface area contributed by atoms with Gasteiger partial charge in [0.05, 0.1) is 18.2 Å². The van der Waals surface area contributed by atoms with Crippen molar-refractivity contribution in [3.63, 3.8) is 0 Å². The van der Waals surface area contributed by atoms with Crippen molar-refractivity contribution in [2.24, 2.45) is 0 Å². The van der Waals surface area contributed by atoms with Gasteiger partial charge in [-0.15, -0.1) is 0 Å². The van der Waals surface area contributed by atoms with Gasteiger partial charge in [-0.25, -0.2) is 0 Å². The number of carbonyl (C=O) groups is 2. The van der Waals surface area contributed by atoms with Crippen molar-refractivity contribution in [3.8, 4) is 5.75 Å². The number of ether oxygens (including phenoxy) is 1. The Labute approximate surface area is 209 Å². The molecule has 1 heterocycles. The molecular weight excluding hydrogens is 531 g/mol. The first-order valence-electron chi connectivity index (χ1n) is 11.2. The minimum atomic E-state index is -0.654. The smallest absolute Gasteiger partial charge is 0.295 e. The molecule has 1 amide bonds. The second kappa shape index (κ2) is 11.7. The second-order valence-electron chi connectivity index (χ2n) is 8.43. The molecule has 6 nitrogen and oxygen atoms in total. The fourth-order valence-corrected chi connectivity index (χ4v) is 4.24. The third kappa shape index (κ3) is 6.14. The monoisotopic (exact) mass is 562 g/mol. The van der Waals surface area contributed by atoms with Gasteiger partial charge in [-0.05, 0) is 85.9 Å². The van der Waals surface area contributed by atoms with E-state index in [1.807, 2.05) is 49.3 Å². The van der Waals surface area contributed by atoms with Crippen LogP contribution in [0.3, 0.4) is 0 Å². The molecule has 1 saturated heterocycles. The minimum Gasteiger partial charge on any atom is -0.507 e. The van der Waals surface area contributed by atoms with E-state index >= 15 is 0 Å². The summed E-state index contributed by atoms with van der Waals surface area (Å²) in [6.07, 6.45) is 2.68. The van der Waals surface area contributed by atoms with Gasteiger partial charge in [0.1, 0.15) is 11.5 Å². The highest BCUT2D eigenvalue weighted by molar-refractivity contribution is 14.1. The van der Waals surface area contributed by atoms with Gasteiger partial charge in [0, 0.05) is 15.7 Å². The highest BCUT2D eigenvalue weighted by Gasteiger charge is 2.45. The molecule has 2 aromatic carbocycles. The molecule has 1 unspecified atom stereocenters. The van der Waals surface area contributed by atoms with E-state index in [9.17, 15) is 14.7 Å². The van der Waals surface area contributed by atoms with Gasteiger partial charge >= 0.3 is 0 Å². The summed E-state index contributed by atoms with van der Waals surface area (Å²) in [6.45, 7) is 3.89. The first kappa shape index (κ1) is 25.2. The Kier molecular flexibility index (Phi) is 8.91. The number of hydrogen-bond acceptors (Lipinski definition) is 5. The maximum absolute atomic E-state index is 13.1. The lowest BCUT2D eigenvalue weighted by Crippen LogP contribution is -2.32. The molecule has 33 heavy (non-hydrogen) atoms. The predicted octanol–water partition coefficient (Wildman–Crippen LogP) is 4.84. The Bertz CT molecular complexity index is 1020. The zero-order valence-corrected chi connectivity index (χ0v) is 21.5. The van der Waals surface area contributed by atoms with Gasteiger partial charge in [-0.3, -0.25) is 9.59 Å². The quantitative estimate of drug-likeness (QED) is 0.148. The van der Waals surface area contributed by atoms with Crippen LogP contribution in [0.2, 0.25) is 0 Å². The van der Waals surface area contributed by atoms with Gasteiger partial charge in [0.2, 0.25) is 0 Å². The topological polar surface area (TPSA) is 70.1 Å². The Balaban J connectivity index is 2.02. The summed E-state index contributed by atoms with van der Waals surface area (Å²) in [5.41, 5.74) is 1.39. The average Bonchev–Trinajstić information content (AvgIpc) is 3.04. The summed E-state index contributed by atoms with van der Waals surface area (Å²) in [6, 6.07) is 14.1. The van der Waals surface area contributed by atoms with Gasteiger partial charge < -0.3 is 19.6 Å². The van der Waals surface area contributed by atoms with Crippen molar-refractivity contribution >= 4 is 40.0 Å². The molecule has 0 radical (unpaired) electrons. The van der Waals surface area contributed by atoms with E-state index in [1.165, 1.54) is 0 Å². The van der Waals surface area contributed by atoms with Gasteiger partial charge in [0.25, 0.3) is 11.7 Å². The predicted molar refractivity (Wildman–Crippen MR) is 138 cm³/mol. The molecule has 7 heteroatoms. The fraction of sp³-hybridized carbons (Fsp3) is 0.385. The van der Waals surface area contributed by atoms with Crippen LogP contribution < -0.4 is 4.74 Å². The summed E-state index contributed by atoms with van der Waals surface area (Å²) in [5, 5.41) is 11.2. The summed E-state index contributed by atoms with van der Waals surface area (Å²) in [7, 11) is 3.95. The van der Waals surface area contributed by atoms with Crippen molar-refractivity contribution in [2.75, 3.05) is 33.8 Å². The molecule has 0 saturated carbocycles. The number of likely N-dealkylation sites (tertiary alicyclic amines) is 1.